The Hall–Kier alpha value is -2.04. The zero-order valence-electron chi connectivity index (χ0n) is 11.3. The highest BCUT2D eigenvalue weighted by molar-refractivity contribution is 5.96. The molecule has 0 spiro atoms. The third-order valence-corrected chi connectivity index (χ3v) is 3.39. The lowest BCUT2D eigenvalue weighted by molar-refractivity contribution is -0.132. The van der Waals surface area contributed by atoms with E-state index in [4.69, 9.17) is 5.73 Å². The van der Waals surface area contributed by atoms with Crippen molar-refractivity contribution in [3.05, 3.63) is 24.3 Å². The van der Waals surface area contributed by atoms with E-state index < -0.39 is 0 Å². The molecule has 1 aromatic carbocycles. The van der Waals surface area contributed by atoms with Crippen molar-refractivity contribution in [3.8, 4) is 0 Å². The van der Waals surface area contributed by atoms with Crippen LogP contribution in [0.3, 0.4) is 0 Å². The molecule has 1 fully saturated rings. The summed E-state index contributed by atoms with van der Waals surface area (Å²) in [6, 6.07) is 7.09. The van der Waals surface area contributed by atoms with Crippen molar-refractivity contribution in [1.29, 1.82) is 0 Å². The van der Waals surface area contributed by atoms with Gasteiger partial charge in [-0.3, -0.25) is 9.59 Å². The van der Waals surface area contributed by atoms with Gasteiger partial charge in [0.15, 0.2) is 0 Å². The van der Waals surface area contributed by atoms with Gasteiger partial charge in [0.1, 0.15) is 6.54 Å². The molecule has 1 aliphatic heterocycles. The maximum Gasteiger partial charge on any atom is 0.246 e. The van der Waals surface area contributed by atoms with Crippen LogP contribution in [0.25, 0.3) is 0 Å². The maximum atomic E-state index is 12.1. The first-order chi connectivity index (χ1) is 8.97. The molecule has 1 aliphatic rings. The van der Waals surface area contributed by atoms with Gasteiger partial charge in [-0.05, 0) is 30.2 Å². The summed E-state index contributed by atoms with van der Waals surface area (Å²) in [6.45, 7) is 2.83. The van der Waals surface area contributed by atoms with Crippen LogP contribution in [-0.4, -0.2) is 36.9 Å². The normalized spacial score (nSPS) is 18.7. The monoisotopic (exact) mass is 261 g/mol. The molecule has 5 heteroatoms. The lowest BCUT2D eigenvalue weighted by Gasteiger charge is -2.22. The number of likely N-dealkylation sites (tertiary alicyclic amines) is 1. The van der Waals surface area contributed by atoms with E-state index in [0.717, 1.165) is 5.69 Å². The van der Waals surface area contributed by atoms with Crippen LogP contribution in [0.2, 0.25) is 0 Å². The van der Waals surface area contributed by atoms with Gasteiger partial charge in [-0.15, -0.1) is 0 Å². The molecule has 2 N–H and O–H groups in total. The molecule has 1 unspecified atom stereocenters. The maximum absolute atomic E-state index is 12.1. The van der Waals surface area contributed by atoms with Gasteiger partial charge in [-0.2, -0.15) is 0 Å². The molecule has 2 rings (SSSR count). The Morgan fingerprint density at radius 1 is 1.42 bits per heavy atom. The Labute approximate surface area is 113 Å². The first-order valence-corrected chi connectivity index (χ1v) is 6.37. The fourth-order valence-electron chi connectivity index (χ4n) is 2.23. The lowest BCUT2D eigenvalue weighted by Crippen LogP contribution is -2.39. The van der Waals surface area contributed by atoms with E-state index in [9.17, 15) is 9.59 Å². The Kier molecular flexibility index (Phi) is 3.74. The molecule has 1 heterocycles. The third kappa shape index (κ3) is 3.05. The summed E-state index contributed by atoms with van der Waals surface area (Å²) in [4.78, 5) is 27.0. The van der Waals surface area contributed by atoms with E-state index in [1.54, 1.807) is 41.1 Å². The second-order valence-corrected chi connectivity index (χ2v) is 5.13. The van der Waals surface area contributed by atoms with Gasteiger partial charge in [-0.1, -0.05) is 6.92 Å². The predicted molar refractivity (Wildman–Crippen MR) is 74.6 cm³/mol. The minimum Gasteiger partial charge on any atom is -0.399 e. The van der Waals surface area contributed by atoms with Crippen LogP contribution >= 0.6 is 0 Å². The van der Waals surface area contributed by atoms with Crippen LogP contribution in [0.4, 0.5) is 11.4 Å². The van der Waals surface area contributed by atoms with Crippen molar-refractivity contribution >= 4 is 23.2 Å². The van der Waals surface area contributed by atoms with E-state index in [1.165, 1.54) is 0 Å². The highest BCUT2D eigenvalue weighted by Crippen LogP contribution is 2.18. The molecular formula is C14H19N3O2. The van der Waals surface area contributed by atoms with Crippen molar-refractivity contribution in [2.24, 2.45) is 5.92 Å². The van der Waals surface area contributed by atoms with Crippen LogP contribution in [0, 0.1) is 5.92 Å². The molecule has 0 saturated carbocycles. The number of hydrogen-bond acceptors (Lipinski definition) is 3. The first-order valence-electron chi connectivity index (χ1n) is 6.37. The number of likely N-dealkylation sites (N-methyl/N-ethyl adjacent to an activating group) is 1. The van der Waals surface area contributed by atoms with E-state index in [0.29, 0.717) is 24.6 Å². The summed E-state index contributed by atoms with van der Waals surface area (Å²) in [7, 11) is 1.71. The van der Waals surface area contributed by atoms with Gasteiger partial charge in [0.05, 0.1) is 0 Å². The molecule has 1 aromatic rings. The largest absolute Gasteiger partial charge is 0.399 e. The molecule has 0 aliphatic carbocycles. The Balaban J connectivity index is 2.00. The number of hydrogen-bond donors (Lipinski definition) is 1. The SMILES string of the molecule is CC1CC(=O)N(CC(=O)N(C)c2ccc(N)cc2)C1. The minimum atomic E-state index is -0.0905. The van der Waals surface area contributed by atoms with Crippen molar-refractivity contribution in [1.82, 2.24) is 4.90 Å². The smallest absolute Gasteiger partial charge is 0.246 e. The Morgan fingerprint density at radius 3 is 2.58 bits per heavy atom. The fourth-order valence-corrected chi connectivity index (χ4v) is 2.23. The summed E-state index contributed by atoms with van der Waals surface area (Å²) in [5.74, 6) is 0.306. The number of amides is 2. The van der Waals surface area contributed by atoms with E-state index in [1.807, 2.05) is 6.92 Å². The third-order valence-electron chi connectivity index (χ3n) is 3.39. The highest BCUT2D eigenvalue weighted by Gasteiger charge is 2.28. The number of benzene rings is 1. The molecule has 102 valence electrons. The summed E-state index contributed by atoms with van der Waals surface area (Å²) in [6.07, 6.45) is 0.541. The molecule has 2 amide bonds. The van der Waals surface area contributed by atoms with E-state index in [-0.39, 0.29) is 18.4 Å². The van der Waals surface area contributed by atoms with Gasteiger partial charge in [0.25, 0.3) is 0 Å². The van der Waals surface area contributed by atoms with E-state index in [2.05, 4.69) is 0 Å². The van der Waals surface area contributed by atoms with Crippen LogP contribution in [0.1, 0.15) is 13.3 Å². The zero-order valence-corrected chi connectivity index (χ0v) is 11.3. The number of rotatable bonds is 3. The molecule has 1 atom stereocenters. The molecule has 5 nitrogen and oxygen atoms in total. The zero-order chi connectivity index (χ0) is 14.0. The van der Waals surface area contributed by atoms with E-state index >= 15 is 0 Å². The Morgan fingerprint density at radius 2 is 2.05 bits per heavy atom. The van der Waals surface area contributed by atoms with Crippen molar-refractivity contribution in [3.63, 3.8) is 0 Å². The number of anilines is 2. The van der Waals surface area contributed by atoms with Crippen LogP contribution in [0.5, 0.6) is 0 Å². The van der Waals surface area contributed by atoms with Gasteiger partial charge in [-0.25, -0.2) is 0 Å². The highest BCUT2D eigenvalue weighted by atomic mass is 16.2. The topological polar surface area (TPSA) is 66.6 Å². The number of carbonyl (C=O) groups excluding carboxylic acids is 2. The fraction of sp³-hybridized carbons (Fsp3) is 0.429. The number of nitrogen functional groups attached to an aromatic ring is 1. The summed E-state index contributed by atoms with van der Waals surface area (Å²) in [5, 5.41) is 0. The number of nitrogens with two attached hydrogens (primary N) is 1. The quantitative estimate of drug-likeness (QED) is 0.829. The molecular weight excluding hydrogens is 242 g/mol. The molecule has 1 saturated heterocycles. The average molecular weight is 261 g/mol. The Bertz CT molecular complexity index is 484. The average Bonchev–Trinajstić information content (AvgIpc) is 2.68. The van der Waals surface area contributed by atoms with Crippen LogP contribution < -0.4 is 10.6 Å². The van der Waals surface area contributed by atoms with Gasteiger partial charge >= 0.3 is 0 Å². The van der Waals surface area contributed by atoms with Crippen molar-refractivity contribution < 1.29 is 9.59 Å². The van der Waals surface area contributed by atoms with Gasteiger partial charge in [0.2, 0.25) is 11.8 Å². The van der Waals surface area contributed by atoms with Crippen LogP contribution in [-0.2, 0) is 9.59 Å². The summed E-state index contributed by atoms with van der Waals surface area (Å²) >= 11 is 0. The van der Waals surface area contributed by atoms with Crippen LogP contribution in [0.15, 0.2) is 24.3 Å². The standard InChI is InChI=1S/C14H19N3O2/c1-10-7-13(18)17(8-10)9-14(19)16(2)12-5-3-11(15)4-6-12/h3-6,10H,7-9,15H2,1-2H3. The molecule has 0 bridgehead atoms. The number of nitrogens with zero attached hydrogens (tertiary/aromatic N) is 2. The lowest BCUT2D eigenvalue weighted by atomic mass is 10.2. The first kappa shape index (κ1) is 13.4. The predicted octanol–water partition coefficient (Wildman–Crippen LogP) is 1.10. The van der Waals surface area contributed by atoms with Crippen molar-refractivity contribution in [2.45, 2.75) is 13.3 Å². The van der Waals surface area contributed by atoms with Gasteiger partial charge in [0, 0.05) is 31.4 Å². The molecule has 0 aromatic heterocycles. The second kappa shape index (κ2) is 5.30. The summed E-state index contributed by atoms with van der Waals surface area (Å²) in [5.41, 5.74) is 7.05. The second-order valence-electron chi connectivity index (χ2n) is 5.13. The number of carbonyl (C=O) groups is 2. The molecule has 19 heavy (non-hydrogen) atoms. The van der Waals surface area contributed by atoms with Crippen molar-refractivity contribution in [2.75, 3.05) is 30.8 Å². The molecule has 0 radical (unpaired) electrons. The summed E-state index contributed by atoms with van der Waals surface area (Å²) < 4.78 is 0. The van der Waals surface area contributed by atoms with Gasteiger partial charge < -0.3 is 15.5 Å². The minimum absolute atomic E-state index is 0.0616.